The van der Waals surface area contributed by atoms with E-state index in [1.54, 1.807) is 6.07 Å². The molecule has 0 radical (unpaired) electrons. The summed E-state index contributed by atoms with van der Waals surface area (Å²) in [6, 6.07) is 3.94. The lowest BCUT2D eigenvalue weighted by molar-refractivity contribution is -0.154. The first-order valence-corrected chi connectivity index (χ1v) is 9.98. The smallest absolute Gasteiger partial charge is 0.422 e. The molecular formula is C20H18F6N6O3. The van der Waals surface area contributed by atoms with Gasteiger partial charge in [-0.3, -0.25) is 9.59 Å². The molecule has 188 valence electrons. The average Bonchev–Trinajstić information content (AvgIpc) is 3.20. The van der Waals surface area contributed by atoms with Crippen molar-refractivity contribution in [2.75, 3.05) is 6.61 Å². The van der Waals surface area contributed by atoms with E-state index in [1.807, 2.05) is 0 Å². The van der Waals surface area contributed by atoms with Gasteiger partial charge in [-0.25, -0.2) is 14.5 Å². The average molecular weight is 504 g/mol. The van der Waals surface area contributed by atoms with Crippen LogP contribution in [0.1, 0.15) is 34.5 Å². The van der Waals surface area contributed by atoms with Crippen molar-refractivity contribution in [1.29, 1.82) is 0 Å². The van der Waals surface area contributed by atoms with Gasteiger partial charge in [-0.15, -0.1) is 0 Å². The first kappa shape index (κ1) is 25.7. The largest absolute Gasteiger partial charge is 0.468 e. The molecule has 3 aromatic rings. The Morgan fingerprint density at radius 3 is 2.51 bits per heavy atom. The molecule has 0 saturated heterocycles. The van der Waals surface area contributed by atoms with Crippen LogP contribution in [0.3, 0.4) is 0 Å². The minimum Gasteiger partial charge on any atom is -0.468 e. The highest BCUT2D eigenvalue weighted by atomic mass is 19.4. The van der Waals surface area contributed by atoms with Crippen molar-refractivity contribution < 1.29 is 40.7 Å². The number of imidazole rings is 1. The third-order valence-electron chi connectivity index (χ3n) is 4.36. The molecule has 35 heavy (non-hydrogen) atoms. The number of carbonyl (C=O) groups excluding carboxylic acids is 2. The summed E-state index contributed by atoms with van der Waals surface area (Å²) in [6.45, 7) is -1.62. The van der Waals surface area contributed by atoms with E-state index in [0.717, 1.165) is 12.3 Å². The first-order chi connectivity index (χ1) is 16.4. The van der Waals surface area contributed by atoms with Crippen LogP contribution in [-0.2, 0) is 17.9 Å². The maximum absolute atomic E-state index is 12.3. The monoisotopic (exact) mass is 504 g/mol. The van der Waals surface area contributed by atoms with Crippen molar-refractivity contribution in [2.45, 2.75) is 38.3 Å². The van der Waals surface area contributed by atoms with E-state index >= 15 is 0 Å². The number of nitrogens with one attached hydrogen (secondary N) is 2. The van der Waals surface area contributed by atoms with Crippen molar-refractivity contribution in [1.82, 2.24) is 30.2 Å². The number of pyridine rings is 1. The summed E-state index contributed by atoms with van der Waals surface area (Å²) in [4.78, 5) is 31.8. The lowest BCUT2D eigenvalue weighted by Crippen LogP contribution is -2.24. The zero-order chi connectivity index (χ0) is 25.6. The lowest BCUT2D eigenvalue weighted by atomic mass is 10.2. The molecule has 3 heterocycles. The third kappa shape index (κ3) is 8.42. The van der Waals surface area contributed by atoms with Crippen LogP contribution in [0.15, 0.2) is 36.8 Å². The molecule has 2 N–H and O–H groups in total. The molecule has 0 aromatic carbocycles. The maximum atomic E-state index is 12.3. The highest BCUT2D eigenvalue weighted by Crippen LogP contribution is 2.21. The molecule has 0 aliphatic rings. The van der Waals surface area contributed by atoms with Crippen LogP contribution in [-0.4, -0.2) is 50.4 Å². The SMILES string of the molecule is O=C(CCC(F)(F)F)NCc1cnn2cc(CNC(=O)c3ccnc(OCC(F)(F)F)c3)nc2c1. The Morgan fingerprint density at radius 1 is 1.03 bits per heavy atom. The molecule has 0 aliphatic heterocycles. The summed E-state index contributed by atoms with van der Waals surface area (Å²) in [6.07, 6.45) is -6.80. The first-order valence-electron chi connectivity index (χ1n) is 9.98. The fourth-order valence-corrected chi connectivity index (χ4v) is 2.75. The molecule has 0 atom stereocenters. The summed E-state index contributed by atoms with van der Waals surface area (Å²) in [5, 5.41) is 9.03. The van der Waals surface area contributed by atoms with E-state index in [0.29, 0.717) is 16.9 Å². The van der Waals surface area contributed by atoms with E-state index < -0.39 is 43.6 Å². The van der Waals surface area contributed by atoms with Gasteiger partial charge in [0.25, 0.3) is 5.91 Å². The Bertz CT molecular complexity index is 1190. The number of aromatic nitrogens is 4. The number of rotatable bonds is 9. The molecule has 15 heteroatoms. The van der Waals surface area contributed by atoms with Gasteiger partial charge >= 0.3 is 12.4 Å². The van der Waals surface area contributed by atoms with E-state index in [9.17, 15) is 35.9 Å². The second kappa shape index (κ2) is 10.6. The minimum atomic E-state index is -4.55. The molecule has 2 amide bonds. The van der Waals surface area contributed by atoms with Gasteiger partial charge in [0.2, 0.25) is 11.8 Å². The molecule has 9 nitrogen and oxygen atoms in total. The van der Waals surface area contributed by atoms with Crippen molar-refractivity contribution >= 4 is 17.5 Å². The molecule has 3 aromatic heterocycles. The molecule has 0 saturated carbocycles. The topological polar surface area (TPSA) is 111 Å². The fraction of sp³-hybridized carbons (Fsp3) is 0.350. The van der Waals surface area contributed by atoms with Gasteiger partial charge in [-0.05, 0) is 17.7 Å². The Labute approximate surface area is 193 Å². The second-order valence-corrected chi connectivity index (χ2v) is 7.26. The Hall–Kier alpha value is -3.91. The van der Waals surface area contributed by atoms with Crippen LogP contribution in [0.25, 0.3) is 5.65 Å². The highest BCUT2D eigenvalue weighted by Gasteiger charge is 2.29. The third-order valence-corrected chi connectivity index (χ3v) is 4.36. The zero-order valence-corrected chi connectivity index (χ0v) is 17.8. The van der Waals surface area contributed by atoms with E-state index in [-0.39, 0.29) is 24.5 Å². The molecular weight excluding hydrogens is 486 g/mol. The molecule has 0 fully saturated rings. The van der Waals surface area contributed by atoms with Gasteiger partial charge in [-0.2, -0.15) is 31.4 Å². The number of hydrogen-bond acceptors (Lipinski definition) is 6. The summed E-state index contributed by atoms with van der Waals surface area (Å²) >= 11 is 0. The Kier molecular flexibility index (Phi) is 7.76. The summed E-state index contributed by atoms with van der Waals surface area (Å²) < 4.78 is 79.3. The van der Waals surface area contributed by atoms with E-state index in [1.165, 1.54) is 23.0 Å². The molecule has 0 spiro atoms. The summed E-state index contributed by atoms with van der Waals surface area (Å²) in [5.41, 5.74) is 1.30. The number of carbonyl (C=O) groups is 2. The summed E-state index contributed by atoms with van der Waals surface area (Å²) in [7, 11) is 0. The van der Waals surface area contributed by atoms with Crippen LogP contribution in [0.4, 0.5) is 26.3 Å². The number of alkyl halides is 6. The molecule has 0 unspecified atom stereocenters. The predicted molar refractivity (Wildman–Crippen MR) is 107 cm³/mol. The number of amides is 2. The Morgan fingerprint density at radius 2 is 1.80 bits per heavy atom. The van der Waals surface area contributed by atoms with Crippen LogP contribution in [0.2, 0.25) is 0 Å². The fourth-order valence-electron chi connectivity index (χ4n) is 2.75. The van der Waals surface area contributed by atoms with Crippen LogP contribution in [0, 0.1) is 0 Å². The van der Waals surface area contributed by atoms with Gasteiger partial charge in [-0.1, -0.05) is 0 Å². The number of hydrogen-bond donors (Lipinski definition) is 2. The quantitative estimate of drug-likeness (QED) is 0.434. The van der Waals surface area contributed by atoms with E-state index in [2.05, 4.69) is 30.4 Å². The molecule has 3 rings (SSSR count). The van der Waals surface area contributed by atoms with Crippen LogP contribution in [0.5, 0.6) is 5.88 Å². The number of fused-ring (bicyclic) bond motifs is 1. The Balaban J connectivity index is 1.54. The standard InChI is InChI=1S/C20H18F6N6O3/c21-19(22,23)3-1-16(33)28-7-12-5-15-31-14(10-32(15)30-8-12)9-29-18(34)13-2-4-27-17(6-13)35-11-20(24,25)26/h2,4-6,8,10H,1,3,7,9,11H2,(H,28,33)(H,29,34). The zero-order valence-electron chi connectivity index (χ0n) is 17.8. The van der Waals surface area contributed by atoms with Gasteiger partial charge in [0.05, 0.1) is 31.1 Å². The summed E-state index contributed by atoms with van der Waals surface area (Å²) in [5.74, 6) is -1.71. The normalized spacial score (nSPS) is 11.9. The highest BCUT2D eigenvalue weighted by molar-refractivity contribution is 5.94. The lowest BCUT2D eigenvalue weighted by Gasteiger charge is -2.09. The predicted octanol–water partition coefficient (Wildman–Crippen LogP) is 2.95. The van der Waals surface area contributed by atoms with Crippen molar-refractivity contribution in [3.05, 3.63) is 53.6 Å². The molecule has 0 aliphatic carbocycles. The van der Waals surface area contributed by atoms with Gasteiger partial charge < -0.3 is 15.4 Å². The van der Waals surface area contributed by atoms with Gasteiger partial charge in [0.15, 0.2) is 12.3 Å². The molecule has 0 bridgehead atoms. The van der Waals surface area contributed by atoms with Crippen molar-refractivity contribution in [2.24, 2.45) is 0 Å². The van der Waals surface area contributed by atoms with Crippen molar-refractivity contribution in [3.63, 3.8) is 0 Å². The van der Waals surface area contributed by atoms with Crippen molar-refractivity contribution in [3.8, 4) is 5.88 Å². The van der Waals surface area contributed by atoms with E-state index in [4.69, 9.17) is 0 Å². The second-order valence-electron chi connectivity index (χ2n) is 7.26. The number of ether oxygens (including phenoxy) is 1. The van der Waals surface area contributed by atoms with Crippen LogP contribution >= 0.6 is 0 Å². The van der Waals surface area contributed by atoms with Gasteiger partial charge in [0.1, 0.15) is 0 Å². The van der Waals surface area contributed by atoms with Gasteiger partial charge in [0, 0.05) is 30.8 Å². The minimum absolute atomic E-state index is 0.0302. The number of nitrogens with zero attached hydrogens (tertiary/aromatic N) is 4. The maximum Gasteiger partial charge on any atom is 0.422 e. The number of halogens is 6. The van der Waals surface area contributed by atoms with Crippen LogP contribution < -0.4 is 15.4 Å².